The standard InChI is InChI=1S/C16H22N2O4S2/c1-24(21,22)18-10-13-9-17(11-16(13,12-18)15(19)20)7-8-23-14-5-3-2-4-6-14/h2-6,13H,7-12H2,1H3,(H,19,20)/t13-,16-/m1/s1. The number of thioether (sulfide) groups is 1. The molecule has 1 N–H and O–H groups in total. The number of likely N-dealkylation sites (tertiary alicyclic amines) is 1. The van der Waals surface area contributed by atoms with Crippen LogP contribution in [0.3, 0.4) is 0 Å². The van der Waals surface area contributed by atoms with Crippen LogP contribution in [0.1, 0.15) is 0 Å². The molecule has 132 valence electrons. The number of carbonyl (C=O) groups is 1. The molecule has 1 aromatic rings. The van der Waals surface area contributed by atoms with Gasteiger partial charge in [-0.05, 0) is 12.1 Å². The summed E-state index contributed by atoms with van der Waals surface area (Å²) in [5.41, 5.74) is -0.958. The zero-order chi connectivity index (χ0) is 17.4. The minimum Gasteiger partial charge on any atom is -0.481 e. The lowest BCUT2D eigenvalue weighted by atomic mass is 9.81. The van der Waals surface area contributed by atoms with Gasteiger partial charge in [-0.1, -0.05) is 18.2 Å². The van der Waals surface area contributed by atoms with Gasteiger partial charge in [0.2, 0.25) is 10.0 Å². The summed E-state index contributed by atoms with van der Waals surface area (Å²) in [6, 6.07) is 10.1. The van der Waals surface area contributed by atoms with E-state index >= 15 is 0 Å². The maximum atomic E-state index is 11.9. The van der Waals surface area contributed by atoms with Crippen LogP contribution >= 0.6 is 11.8 Å². The smallest absolute Gasteiger partial charge is 0.312 e. The minimum atomic E-state index is -3.34. The van der Waals surface area contributed by atoms with Crippen molar-refractivity contribution in [3.63, 3.8) is 0 Å². The summed E-state index contributed by atoms with van der Waals surface area (Å²) in [7, 11) is -3.34. The van der Waals surface area contributed by atoms with Crippen LogP contribution in [0.5, 0.6) is 0 Å². The van der Waals surface area contributed by atoms with E-state index in [0.717, 1.165) is 18.6 Å². The molecule has 6 nitrogen and oxygen atoms in total. The minimum absolute atomic E-state index is 0.0914. The van der Waals surface area contributed by atoms with Crippen molar-refractivity contribution in [3.05, 3.63) is 30.3 Å². The molecule has 2 atom stereocenters. The average Bonchev–Trinajstić information content (AvgIpc) is 3.03. The van der Waals surface area contributed by atoms with Crippen molar-refractivity contribution < 1.29 is 18.3 Å². The Morgan fingerprint density at radius 1 is 1.29 bits per heavy atom. The number of hydrogen-bond donors (Lipinski definition) is 1. The largest absolute Gasteiger partial charge is 0.481 e. The first-order valence-corrected chi connectivity index (χ1v) is 10.7. The molecule has 1 aromatic carbocycles. The molecule has 8 heteroatoms. The second-order valence-corrected chi connectivity index (χ2v) is 9.76. The number of carboxylic acid groups (broad SMARTS) is 1. The predicted molar refractivity (Wildman–Crippen MR) is 93.6 cm³/mol. The van der Waals surface area contributed by atoms with E-state index in [0.29, 0.717) is 19.6 Å². The van der Waals surface area contributed by atoms with Crippen molar-refractivity contribution in [2.24, 2.45) is 11.3 Å². The summed E-state index contributed by atoms with van der Waals surface area (Å²) >= 11 is 1.75. The molecule has 2 aliphatic heterocycles. The molecule has 2 saturated heterocycles. The summed E-state index contributed by atoms with van der Waals surface area (Å²) in [6.45, 7) is 2.29. The number of fused-ring (bicyclic) bond motifs is 1. The van der Waals surface area contributed by atoms with E-state index in [9.17, 15) is 18.3 Å². The molecule has 3 rings (SSSR count). The van der Waals surface area contributed by atoms with Crippen molar-refractivity contribution in [1.82, 2.24) is 9.21 Å². The van der Waals surface area contributed by atoms with E-state index in [2.05, 4.69) is 17.0 Å². The van der Waals surface area contributed by atoms with Crippen molar-refractivity contribution in [2.45, 2.75) is 4.90 Å². The van der Waals surface area contributed by atoms with E-state index in [1.54, 1.807) is 11.8 Å². The highest BCUT2D eigenvalue weighted by atomic mass is 32.2. The number of nitrogens with zero attached hydrogens (tertiary/aromatic N) is 2. The topological polar surface area (TPSA) is 77.9 Å². The van der Waals surface area contributed by atoms with E-state index in [1.165, 1.54) is 9.20 Å². The lowest BCUT2D eigenvalue weighted by Gasteiger charge is -2.24. The zero-order valence-electron chi connectivity index (χ0n) is 13.6. The van der Waals surface area contributed by atoms with E-state index in [-0.39, 0.29) is 12.5 Å². The fourth-order valence-corrected chi connectivity index (χ4v) is 5.51. The van der Waals surface area contributed by atoms with E-state index in [1.807, 2.05) is 18.2 Å². The number of hydrogen-bond acceptors (Lipinski definition) is 5. The summed E-state index contributed by atoms with van der Waals surface area (Å²) < 4.78 is 24.8. The number of benzene rings is 1. The molecule has 2 aliphatic rings. The second kappa shape index (κ2) is 6.67. The number of sulfonamides is 1. The van der Waals surface area contributed by atoms with E-state index < -0.39 is 21.4 Å². The van der Waals surface area contributed by atoms with Crippen molar-refractivity contribution in [2.75, 3.05) is 44.7 Å². The van der Waals surface area contributed by atoms with Crippen LogP contribution in [0.4, 0.5) is 0 Å². The van der Waals surface area contributed by atoms with Crippen LogP contribution in [-0.4, -0.2) is 73.4 Å². The van der Waals surface area contributed by atoms with E-state index in [4.69, 9.17) is 0 Å². The molecule has 2 fully saturated rings. The van der Waals surface area contributed by atoms with Crippen LogP contribution in [0, 0.1) is 11.3 Å². The Hall–Kier alpha value is -1.09. The van der Waals surface area contributed by atoms with Crippen LogP contribution in [0.25, 0.3) is 0 Å². The number of carboxylic acids is 1. The van der Waals surface area contributed by atoms with Gasteiger partial charge in [-0.2, -0.15) is 0 Å². The van der Waals surface area contributed by atoms with Crippen LogP contribution in [-0.2, 0) is 14.8 Å². The first-order valence-electron chi connectivity index (χ1n) is 7.90. The lowest BCUT2D eigenvalue weighted by Crippen LogP contribution is -2.42. The van der Waals surface area contributed by atoms with Crippen molar-refractivity contribution in [3.8, 4) is 0 Å². The van der Waals surface area contributed by atoms with Gasteiger partial charge < -0.3 is 10.0 Å². The second-order valence-electron chi connectivity index (χ2n) is 6.61. The molecule has 0 unspecified atom stereocenters. The van der Waals surface area contributed by atoms with Crippen LogP contribution in [0.2, 0.25) is 0 Å². The third kappa shape index (κ3) is 3.46. The van der Waals surface area contributed by atoms with Gasteiger partial charge in [-0.25, -0.2) is 12.7 Å². The highest BCUT2D eigenvalue weighted by molar-refractivity contribution is 7.99. The Balaban J connectivity index is 1.60. The molecular weight excluding hydrogens is 348 g/mol. The zero-order valence-corrected chi connectivity index (χ0v) is 15.2. The Labute approximate surface area is 146 Å². The first kappa shape index (κ1) is 17.7. The third-order valence-electron chi connectivity index (χ3n) is 4.96. The molecular formula is C16H22N2O4S2. The Morgan fingerprint density at radius 3 is 2.58 bits per heavy atom. The van der Waals surface area contributed by atoms with Crippen molar-refractivity contribution in [1.29, 1.82) is 0 Å². The fraction of sp³-hybridized carbons (Fsp3) is 0.562. The molecule has 0 aliphatic carbocycles. The van der Waals surface area contributed by atoms with Gasteiger partial charge in [0, 0.05) is 49.3 Å². The monoisotopic (exact) mass is 370 g/mol. The summed E-state index contributed by atoms with van der Waals surface area (Å²) in [5, 5.41) is 9.73. The molecule has 0 bridgehead atoms. The first-order chi connectivity index (χ1) is 11.3. The predicted octanol–water partition coefficient (Wildman–Crippen LogP) is 1.06. The van der Waals surface area contributed by atoms with Gasteiger partial charge >= 0.3 is 5.97 Å². The number of aliphatic carboxylic acids is 1. The highest BCUT2D eigenvalue weighted by Crippen LogP contribution is 2.43. The molecule has 2 heterocycles. The third-order valence-corrected chi connectivity index (χ3v) is 7.17. The maximum Gasteiger partial charge on any atom is 0.312 e. The number of rotatable bonds is 6. The Kier molecular flexibility index (Phi) is 4.92. The molecule has 24 heavy (non-hydrogen) atoms. The normalized spacial score (nSPS) is 28.1. The quantitative estimate of drug-likeness (QED) is 0.755. The SMILES string of the molecule is CS(=O)(=O)N1C[C@H]2CN(CCSc3ccccc3)C[C@@]2(C(=O)O)C1. The fourth-order valence-electron chi connectivity index (χ4n) is 3.66. The van der Waals surface area contributed by atoms with Gasteiger partial charge in [0.25, 0.3) is 0 Å². The highest BCUT2D eigenvalue weighted by Gasteiger charge is 2.58. The van der Waals surface area contributed by atoms with Gasteiger partial charge in [-0.15, -0.1) is 11.8 Å². The summed E-state index contributed by atoms with van der Waals surface area (Å²) in [5.74, 6) is -0.120. The Morgan fingerprint density at radius 2 is 2.00 bits per heavy atom. The van der Waals surface area contributed by atoms with Gasteiger partial charge in [0.1, 0.15) is 0 Å². The maximum absolute atomic E-state index is 11.9. The molecule has 0 spiro atoms. The summed E-state index contributed by atoms with van der Waals surface area (Å²) in [4.78, 5) is 15.2. The van der Waals surface area contributed by atoms with Crippen molar-refractivity contribution >= 4 is 27.8 Å². The molecule has 0 radical (unpaired) electrons. The average molecular weight is 370 g/mol. The lowest BCUT2D eigenvalue weighted by molar-refractivity contribution is -0.148. The van der Waals surface area contributed by atoms with Gasteiger partial charge in [-0.3, -0.25) is 4.79 Å². The van der Waals surface area contributed by atoms with Gasteiger partial charge in [0.05, 0.1) is 11.7 Å². The van der Waals surface area contributed by atoms with Crippen LogP contribution < -0.4 is 0 Å². The molecule has 0 saturated carbocycles. The Bertz CT molecular complexity index is 710. The van der Waals surface area contributed by atoms with Crippen LogP contribution in [0.15, 0.2) is 35.2 Å². The summed E-state index contributed by atoms with van der Waals surface area (Å²) in [6.07, 6.45) is 1.15. The molecule has 0 aromatic heterocycles. The molecule has 0 amide bonds. The van der Waals surface area contributed by atoms with Gasteiger partial charge in [0.15, 0.2) is 0 Å².